The number of phenolic OH excluding ortho intramolecular Hbond substituents is 1. The van der Waals surface area contributed by atoms with Crippen LogP contribution < -0.4 is 11.3 Å². The summed E-state index contributed by atoms with van der Waals surface area (Å²) in [4.78, 5) is 15.3. The minimum absolute atomic E-state index is 0. The van der Waals surface area contributed by atoms with Crippen molar-refractivity contribution in [3.63, 3.8) is 0 Å². The lowest BCUT2D eigenvalue weighted by molar-refractivity contribution is 0.477. The van der Waals surface area contributed by atoms with Crippen LogP contribution in [0, 0.1) is 12.7 Å². The summed E-state index contributed by atoms with van der Waals surface area (Å²) in [7, 11) is 0. The molecule has 4 rings (SSSR count). The van der Waals surface area contributed by atoms with E-state index in [1.807, 2.05) is 19.2 Å². The number of aromatic amines is 1. The van der Waals surface area contributed by atoms with Crippen molar-refractivity contribution < 1.29 is 9.50 Å². The van der Waals surface area contributed by atoms with Crippen molar-refractivity contribution in [2.75, 3.05) is 6.54 Å². The number of aromatic hydroxyl groups is 1. The number of nitrogens with one attached hydrogen (secondary N) is 1. The number of H-pyrrole nitrogens is 1. The summed E-state index contributed by atoms with van der Waals surface area (Å²) in [6.45, 7) is 4.05. The first-order valence-corrected chi connectivity index (χ1v) is 9.61. The van der Waals surface area contributed by atoms with E-state index in [0.717, 1.165) is 16.3 Å². The van der Waals surface area contributed by atoms with Crippen molar-refractivity contribution >= 4 is 45.4 Å². The van der Waals surface area contributed by atoms with Crippen LogP contribution in [0.2, 0.25) is 0 Å². The van der Waals surface area contributed by atoms with Gasteiger partial charge in [0.05, 0.1) is 10.9 Å². The van der Waals surface area contributed by atoms with Gasteiger partial charge in [0.15, 0.2) is 0 Å². The maximum Gasteiger partial charge on any atom is 0.257 e. The van der Waals surface area contributed by atoms with Gasteiger partial charge in [0.1, 0.15) is 11.6 Å². The molecule has 0 saturated carbocycles. The fourth-order valence-corrected chi connectivity index (χ4v) is 4.40. The van der Waals surface area contributed by atoms with E-state index < -0.39 is 0 Å². The largest absolute Gasteiger partial charge is 0.507 e. The number of thiophene rings is 1. The summed E-state index contributed by atoms with van der Waals surface area (Å²) < 4.78 is 14.7. The van der Waals surface area contributed by atoms with E-state index in [-0.39, 0.29) is 35.5 Å². The van der Waals surface area contributed by atoms with Gasteiger partial charge in [-0.2, -0.15) is 11.3 Å². The highest BCUT2D eigenvalue weighted by atomic mass is 35.5. The fourth-order valence-electron chi connectivity index (χ4n) is 3.58. The number of hydrogen-bond acceptors (Lipinski definition) is 4. The van der Waals surface area contributed by atoms with Gasteiger partial charge in [-0.25, -0.2) is 4.39 Å². The molecule has 146 valence electrons. The molecule has 0 amide bonds. The van der Waals surface area contributed by atoms with E-state index in [1.165, 1.54) is 17.4 Å². The number of aryl methyl sites for hydroxylation is 1. The van der Waals surface area contributed by atoms with Crippen LogP contribution in [0.5, 0.6) is 5.75 Å². The normalized spacial score (nSPS) is 12.3. The van der Waals surface area contributed by atoms with Gasteiger partial charge in [-0.3, -0.25) is 4.79 Å². The molecule has 7 heteroatoms. The molecule has 0 spiro atoms. The van der Waals surface area contributed by atoms with Crippen molar-refractivity contribution in [3.8, 4) is 16.9 Å². The molecule has 0 fully saturated rings. The Hall–Kier alpha value is -2.41. The zero-order chi connectivity index (χ0) is 19.3. The number of halogens is 2. The van der Waals surface area contributed by atoms with Gasteiger partial charge in [0.25, 0.3) is 5.56 Å². The molecule has 4 N–H and O–H groups in total. The van der Waals surface area contributed by atoms with Crippen LogP contribution in [-0.4, -0.2) is 16.6 Å². The Labute approximate surface area is 171 Å². The molecule has 28 heavy (non-hydrogen) atoms. The van der Waals surface area contributed by atoms with E-state index in [4.69, 9.17) is 5.73 Å². The highest BCUT2D eigenvalue weighted by molar-refractivity contribution is 7.09. The van der Waals surface area contributed by atoms with Crippen LogP contribution in [0.1, 0.15) is 24.0 Å². The molecule has 0 aliphatic rings. The third kappa shape index (κ3) is 3.07. The minimum atomic E-state index is -0.357. The molecule has 4 nitrogen and oxygen atoms in total. The summed E-state index contributed by atoms with van der Waals surface area (Å²) in [5.41, 5.74) is 8.52. The van der Waals surface area contributed by atoms with Crippen LogP contribution >= 0.6 is 23.7 Å². The summed E-state index contributed by atoms with van der Waals surface area (Å²) in [5.74, 6) is -0.398. The highest BCUT2D eigenvalue weighted by Crippen LogP contribution is 2.41. The molecule has 1 atom stereocenters. The van der Waals surface area contributed by atoms with Gasteiger partial charge < -0.3 is 15.8 Å². The third-order valence-corrected chi connectivity index (χ3v) is 5.84. The van der Waals surface area contributed by atoms with Crippen LogP contribution in [0.15, 0.2) is 39.8 Å². The van der Waals surface area contributed by atoms with Crippen LogP contribution in [0.25, 0.3) is 32.8 Å². The maximum atomic E-state index is 14.7. The topological polar surface area (TPSA) is 79.1 Å². The number of phenols is 1. The van der Waals surface area contributed by atoms with Crippen molar-refractivity contribution in [3.05, 3.63) is 62.3 Å². The van der Waals surface area contributed by atoms with Gasteiger partial charge in [0, 0.05) is 21.7 Å². The molecule has 0 aliphatic heterocycles. The third-order valence-electron chi connectivity index (χ3n) is 5.09. The second-order valence-electron chi connectivity index (χ2n) is 6.86. The number of hydrogen-bond donors (Lipinski definition) is 3. The molecular formula is C21H20ClFN2O2S. The lowest BCUT2D eigenvalue weighted by atomic mass is 9.92. The SMILES string of the molecule is Cc1cc(O)c(-c2ccc(C(C)CN)c(F)c2)c2c1[nH]c(=O)c1cscc12.Cl. The van der Waals surface area contributed by atoms with Gasteiger partial charge in [0.2, 0.25) is 0 Å². The number of nitrogens with two attached hydrogens (primary N) is 1. The van der Waals surface area contributed by atoms with Crippen LogP contribution in [0.3, 0.4) is 0 Å². The average Bonchev–Trinajstić information content (AvgIpc) is 3.13. The molecule has 1 unspecified atom stereocenters. The summed E-state index contributed by atoms with van der Waals surface area (Å²) in [6.07, 6.45) is 0. The monoisotopic (exact) mass is 418 g/mol. The smallest absolute Gasteiger partial charge is 0.257 e. The Morgan fingerprint density at radius 2 is 1.96 bits per heavy atom. The van der Waals surface area contributed by atoms with Crippen molar-refractivity contribution in [1.82, 2.24) is 4.98 Å². The van der Waals surface area contributed by atoms with Crippen molar-refractivity contribution in [1.29, 1.82) is 0 Å². The molecule has 0 saturated heterocycles. The quantitative estimate of drug-likeness (QED) is 0.435. The zero-order valence-electron chi connectivity index (χ0n) is 15.4. The standard InChI is InChI=1S/C21H19FN2O2S.ClH/c1-10-5-17(25)18(12-3-4-13(11(2)7-23)16(22)6-12)19-14-8-27-9-15(14)21(26)24-20(10)19;/h3-6,8-9,11,25H,7,23H2,1-2H3,(H,24,26);1H. The molecule has 2 aromatic carbocycles. The first kappa shape index (κ1) is 20.3. The zero-order valence-corrected chi connectivity index (χ0v) is 17.0. The van der Waals surface area contributed by atoms with E-state index in [0.29, 0.717) is 34.1 Å². The molecule has 0 aliphatic carbocycles. The van der Waals surface area contributed by atoms with Crippen molar-refractivity contribution in [2.24, 2.45) is 5.73 Å². The summed E-state index contributed by atoms with van der Waals surface area (Å²) in [6, 6.07) is 6.52. The van der Waals surface area contributed by atoms with Crippen LogP contribution in [0.4, 0.5) is 4.39 Å². The molecule has 0 bridgehead atoms. The Balaban J connectivity index is 0.00000225. The van der Waals surface area contributed by atoms with E-state index in [1.54, 1.807) is 23.6 Å². The van der Waals surface area contributed by atoms with E-state index in [9.17, 15) is 14.3 Å². The number of benzene rings is 2. The highest BCUT2D eigenvalue weighted by Gasteiger charge is 2.19. The number of aromatic nitrogens is 1. The predicted molar refractivity (Wildman–Crippen MR) is 116 cm³/mol. The molecule has 4 aromatic rings. The maximum absolute atomic E-state index is 14.7. The Morgan fingerprint density at radius 1 is 1.25 bits per heavy atom. The first-order chi connectivity index (χ1) is 12.9. The number of pyridine rings is 1. The van der Waals surface area contributed by atoms with Crippen molar-refractivity contribution in [2.45, 2.75) is 19.8 Å². The predicted octanol–water partition coefficient (Wildman–Crippen LogP) is 5.05. The van der Waals surface area contributed by atoms with Gasteiger partial charge in [-0.1, -0.05) is 19.1 Å². The Morgan fingerprint density at radius 3 is 2.64 bits per heavy atom. The van der Waals surface area contributed by atoms with Gasteiger partial charge in [-0.15, -0.1) is 12.4 Å². The van der Waals surface area contributed by atoms with Crippen LogP contribution in [-0.2, 0) is 0 Å². The molecule has 2 aromatic heterocycles. The summed E-state index contributed by atoms with van der Waals surface area (Å²) >= 11 is 1.42. The summed E-state index contributed by atoms with van der Waals surface area (Å²) in [5, 5.41) is 16.4. The molecule has 2 heterocycles. The van der Waals surface area contributed by atoms with Gasteiger partial charge >= 0.3 is 0 Å². The van der Waals surface area contributed by atoms with E-state index in [2.05, 4.69) is 4.98 Å². The second kappa shape index (κ2) is 7.54. The van der Waals surface area contributed by atoms with Gasteiger partial charge in [-0.05, 0) is 53.6 Å². The fraction of sp³-hybridized carbons (Fsp3) is 0.190. The molecule has 0 radical (unpaired) electrons. The number of fused-ring (bicyclic) bond motifs is 3. The Kier molecular flexibility index (Phi) is 5.48. The number of rotatable bonds is 3. The Bertz CT molecular complexity index is 1250. The first-order valence-electron chi connectivity index (χ1n) is 8.66. The van der Waals surface area contributed by atoms with E-state index >= 15 is 0 Å². The molecular weight excluding hydrogens is 399 g/mol. The second-order valence-corrected chi connectivity index (χ2v) is 7.61. The lowest BCUT2D eigenvalue weighted by Crippen LogP contribution is -2.10. The lowest BCUT2D eigenvalue weighted by Gasteiger charge is -2.15. The average molecular weight is 419 g/mol. The minimum Gasteiger partial charge on any atom is -0.507 e.